The molecule has 0 heterocycles. The van der Waals surface area contributed by atoms with Gasteiger partial charge in [0, 0.05) is 5.69 Å². The van der Waals surface area contributed by atoms with E-state index in [-0.39, 0.29) is 0 Å². The fourth-order valence-electron chi connectivity index (χ4n) is 0.742. The van der Waals surface area contributed by atoms with Crippen LogP contribution in [-0.2, 0) is 4.57 Å². The van der Waals surface area contributed by atoms with Crippen LogP contribution in [0.4, 0.5) is 5.69 Å². The van der Waals surface area contributed by atoms with Crippen LogP contribution in [0, 0.1) is 0 Å². The standard InChI is InChI=1S/C7H6Cl4NOP/c8-7(9,10)14(11,13)12-6-4-2-1-3-5-6/h1-5H,(H,12,13). The Morgan fingerprint density at radius 3 is 2.07 bits per heavy atom. The molecule has 0 spiro atoms. The van der Waals surface area contributed by atoms with Gasteiger partial charge >= 0.3 is 6.65 Å². The van der Waals surface area contributed by atoms with Gasteiger partial charge in [-0.05, 0) is 23.4 Å². The van der Waals surface area contributed by atoms with Gasteiger partial charge in [0.25, 0.3) is 3.53 Å². The maximum atomic E-state index is 11.7. The van der Waals surface area contributed by atoms with Crippen molar-refractivity contribution in [3.8, 4) is 0 Å². The molecule has 2 nitrogen and oxygen atoms in total. The van der Waals surface area contributed by atoms with E-state index < -0.39 is 10.2 Å². The Hall–Kier alpha value is 0.410. The van der Waals surface area contributed by atoms with Crippen LogP contribution in [-0.4, -0.2) is 3.53 Å². The van der Waals surface area contributed by atoms with Crippen LogP contribution in [0.2, 0.25) is 0 Å². The average molecular weight is 293 g/mol. The minimum Gasteiger partial charge on any atom is -0.321 e. The van der Waals surface area contributed by atoms with Crippen LogP contribution in [0.1, 0.15) is 0 Å². The summed E-state index contributed by atoms with van der Waals surface area (Å²) in [7, 11) is 0. The van der Waals surface area contributed by atoms with Gasteiger partial charge in [0.05, 0.1) is 0 Å². The third-order valence-electron chi connectivity index (χ3n) is 1.37. The largest absolute Gasteiger partial charge is 0.321 e. The van der Waals surface area contributed by atoms with Crippen LogP contribution in [0.15, 0.2) is 30.3 Å². The van der Waals surface area contributed by atoms with Crippen LogP contribution in [0.25, 0.3) is 0 Å². The van der Waals surface area contributed by atoms with Crippen LogP contribution in [0.3, 0.4) is 0 Å². The van der Waals surface area contributed by atoms with Gasteiger partial charge in [-0.1, -0.05) is 53.0 Å². The van der Waals surface area contributed by atoms with Crippen molar-refractivity contribution < 1.29 is 4.57 Å². The first kappa shape index (κ1) is 12.5. The van der Waals surface area contributed by atoms with Gasteiger partial charge in [0.15, 0.2) is 0 Å². The van der Waals surface area contributed by atoms with Crippen molar-refractivity contribution in [2.24, 2.45) is 0 Å². The topological polar surface area (TPSA) is 29.1 Å². The summed E-state index contributed by atoms with van der Waals surface area (Å²) in [6, 6.07) is 8.64. The molecule has 0 aromatic heterocycles. The van der Waals surface area contributed by atoms with Crippen LogP contribution in [0.5, 0.6) is 0 Å². The summed E-state index contributed by atoms with van der Waals surface area (Å²) < 4.78 is 9.64. The Morgan fingerprint density at radius 1 is 1.14 bits per heavy atom. The second kappa shape index (κ2) is 4.51. The molecule has 78 valence electrons. The quantitative estimate of drug-likeness (QED) is 0.623. The lowest BCUT2D eigenvalue weighted by atomic mass is 10.3. The van der Waals surface area contributed by atoms with Gasteiger partial charge < -0.3 is 5.09 Å². The third-order valence-corrected chi connectivity index (χ3v) is 6.51. The number of hydrogen-bond donors (Lipinski definition) is 1. The summed E-state index contributed by atoms with van der Waals surface area (Å²) >= 11 is 21.9. The molecule has 1 aromatic carbocycles. The maximum Gasteiger partial charge on any atom is 0.305 e. The predicted molar refractivity (Wildman–Crippen MR) is 63.8 cm³/mol. The molecule has 0 radical (unpaired) electrons. The Labute approximate surface area is 102 Å². The number of anilines is 1. The van der Waals surface area contributed by atoms with E-state index in [1.807, 2.05) is 0 Å². The first-order chi connectivity index (χ1) is 6.33. The van der Waals surface area contributed by atoms with Crippen molar-refractivity contribution in [3.05, 3.63) is 30.3 Å². The zero-order chi connectivity index (χ0) is 10.8. The number of rotatable bonds is 2. The van der Waals surface area contributed by atoms with E-state index in [4.69, 9.17) is 46.0 Å². The van der Waals surface area contributed by atoms with Gasteiger partial charge in [-0.25, -0.2) is 0 Å². The predicted octanol–water partition coefficient (Wildman–Crippen LogP) is 4.86. The van der Waals surface area contributed by atoms with E-state index >= 15 is 0 Å². The van der Waals surface area contributed by atoms with Crippen molar-refractivity contribution in [2.75, 3.05) is 5.09 Å². The normalized spacial score (nSPS) is 16.0. The Bertz CT molecular complexity index is 350. The summed E-state index contributed by atoms with van der Waals surface area (Å²) in [6.45, 7) is -3.58. The van der Waals surface area contributed by atoms with Crippen molar-refractivity contribution in [2.45, 2.75) is 3.53 Å². The molecule has 1 N–H and O–H groups in total. The molecule has 0 saturated heterocycles. The molecule has 0 amide bonds. The third kappa shape index (κ3) is 3.22. The molecule has 0 bridgehead atoms. The SMILES string of the molecule is O=P(Cl)(Nc1ccccc1)C(Cl)(Cl)Cl. The molecule has 0 aliphatic rings. The lowest BCUT2D eigenvalue weighted by molar-refractivity contribution is 0.587. The van der Waals surface area contributed by atoms with E-state index in [1.165, 1.54) is 0 Å². The number of alkyl halides is 3. The first-order valence-electron chi connectivity index (χ1n) is 3.53. The highest BCUT2D eigenvalue weighted by molar-refractivity contribution is 7.95. The highest BCUT2D eigenvalue weighted by Crippen LogP contribution is 2.68. The molecule has 1 unspecified atom stereocenters. The smallest absolute Gasteiger partial charge is 0.305 e. The summed E-state index contributed by atoms with van der Waals surface area (Å²) in [5, 5.41) is 2.48. The number of para-hydroxylation sites is 1. The van der Waals surface area contributed by atoms with Crippen molar-refractivity contribution in [1.82, 2.24) is 0 Å². The first-order valence-corrected chi connectivity index (χ1v) is 7.27. The molecule has 0 saturated carbocycles. The Balaban J connectivity index is 2.85. The zero-order valence-electron chi connectivity index (χ0n) is 6.75. The van der Waals surface area contributed by atoms with E-state index in [0.29, 0.717) is 5.69 Å². The summed E-state index contributed by atoms with van der Waals surface area (Å²) in [5.74, 6) is 0. The van der Waals surface area contributed by atoms with Crippen molar-refractivity contribution in [1.29, 1.82) is 0 Å². The molecule has 0 fully saturated rings. The average Bonchev–Trinajstić information content (AvgIpc) is 2.03. The fourth-order valence-corrected chi connectivity index (χ4v) is 2.02. The maximum absolute atomic E-state index is 11.7. The highest BCUT2D eigenvalue weighted by atomic mass is 35.7. The second-order valence-corrected chi connectivity index (χ2v) is 8.94. The van der Waals surface area contributed by atoms with E-state index in [1.54, 1.807) is 30.3 Å². The number of halogens is 4. The molecule has 14 heavy (non-hydrogen) atoms. The lowest BCUT2D eigenvalue weighted by Gasteiger charge is -2.20. The Kier molecular flexibility index (Phi) is 4.02. The van der Waals surface area contributed by atoms with Crippen molar-refractivity contribution >= 4 is 58.4 Å². The summed E-state index contributed by atoms with van der Waals surface area (Å²) in [5.41, 5.74) is 0.539. The minimum atomic E-state index is -3.58. The van der Waals surface area contributed by atoms with Gasteiger partial charge in [0.2, 0.25) is 0 Å². The lowest BCUT2D eigenvalue weighted by Crippen LogP contribution is -2.06. The fraction of sp³-hybridized carbons (Fsp3) is 0.143. The van der Waals surface area contributed by atoms with E-state index in [2.05, 4.69) is 5.09 Å². The zero-order valence-corrected chi connectivity index (χ0v) is 10.7. The van der Waals surface area contributed by atoms with Crippen LogP contribution >= 0.6 is 52.7 Å². The number of benzene rings is 1. The van der Waals surface area contributed by atoms with Crippen LogP contribution < -0.4 is 5.09 Å². The van der Waals surface area contributed by atoms with Gasteiger partial charge in [-0.3, -0.25) is 4.57 Å². The van der Waals surface area contributed by atoms with E-state index in [9.17, 15) is 4.57 Å². The summed E-state index contributed by atoms with van der Waals surface area (Å²) in [6.07, 6.45) is 0. The second-order valence-electron chi connectivity index (χ2n) is 2.48. The Morgan fingerprint density at radius 2 is 1.64 bits per heavy atom. The molecular formula is C7H6Cl4NOP. The molecule has 0 aliphatic heterocycles. The molecule has 1 aromatic rings. The summed E-state index contributed by atoms with van der Waals surface area (Å²) in [4.78, 5) is 0. The monoisotopic (exact) mass is 291 g/mol. The molecular weight excluding hydrogens is 287 g/mol. The molecule has 7 heteroatoms. The van der Waals surface area contributed by atoms with Gasteiger partial charge in [-0.15, -0.1) is 0 Å². The molecule has 1 atom stereocenters. The minimum absolute atomic E-state index is 0.539. The van der Waals surface area contributed by atoms with Gasteiger partial charge in [-0.2, -0.15) is 0 Å². The molecule has 1 rings (SSSR count). The van der Waals surface area contributed by atoms with Crippen molar-refractivity contribution in [3.63, 3.8) is 0 Å². The molecule has 0 aliphatic carbocycles. The number of nitrogens with one attached hydrogen (secondary N) is 1. The highest BCUT2D eigenvalue weighted by Gasteiger charge is 2.42. The van der Waals surface area contributed by atoms with E-state index in [0.717, 1.165) is 0 Å². The number of hydrogen-bond acceptors (Lipinski definition) is 1. The van der Waals surface area contributed by atoms with Gasteiger partial charge in [0.1, 0.15) is 0 Å².